The Hall–Kier alpha value is -1.03. The van der Waals surface area contributed by atoms with Crippen LogP contribution < -0.4 is 5.73 Å². The van der Waals surface area contributed by atoms with Crippen molar-refractivity contribution in [3.63, 3.8) is 0 Å². The molecular weight excluding hydrogens is 212 g/mol. The van der Waals surface area contributed by atoms with E-state index in [0.29, 0.717) is 5.82 Å². The molecule has 0 atom stereocenters. The standard InChI is InChI=1S/C13H24N4/c1-11(2)12-3-6-16(7-4-12)9-10-17-8-5-13(14)15-17/h5,8,11-12H,3-4,6-7,9-10H2,1-2H3,(H2,14,15). The van der Waals surface area contributed by atoms with E-state index in [2.05, 4.69) is 23.8 Å². The molecule has 4 nitrogen and oxygen atoms in total. The molecule has 0 saturated carbocycles. The zero-order valence-corrected chi connectivity index (χ0v) is 11.0. The van der Waals surface area contributed by atoms with Gasteiger partial charge >= 0.3 is 0 Å². The van der Waals surface area contributed by atoms with Crippen LogP contribution in [0.25, 0.3) is 0 Å². The molecule has 0 amide bonds. The minimum atomic E-state index is 0.614. The molecule has 0 radical (unpaired) electrons. The van der Waals surface area contributed by atoms with Gasteiger partial charge in [0.25, 0.3) is 0 Å². The van der Waals surface area contributed by atoms with Crippen molar-refractivity contribution in [2.75, 3.05) is 25.4 Å². The third-order valence-corrected chi connectivity index (χ3v) is 3.88. The lowest BCUT2D eigenvalue weighted by Gasteiger charge is -2.33. The van der Waals surface area contributed by atoms with Crippen LogP contribution in [0, 0.1) is 11.8 Å². The van der Waals surface area contributed by atoms with Crippen molar-refractivity contribution in [3.8, 4) is 0 Å². The third-order valence-electron chi connectivity index (χ3n) is 3.88. The quantitative estimate of drug-likeness (QED) is 0.867. The van der Waals surface area contributed by atoms with Gasteiger partial charge in [-0.15, -0.1) is 0 Å². The first-order chi connectivity index (χ1) is 8.15. The van der Waals surface area contributed by atoms with Crippen LogP contribution in [0.3, 0.4) is 0 Å². The Labute approximate surface area is 104 Å². The van der Waals surface area contributed by atoms with Crippen molar-refractivity contribution >= 4 is 5.82 Å². The number of nitrogens with zero attached hydrogens (tertiary/aromatic N) is 3. The van der Waals surface area contributed by atoms with Crippen LogP contribution in [0.15, 0.2) is 12.3 Å². The fraction of sp³-hybridized carbons (Fsp3) is 0.769. The number of hydrogen-bond donors (Lipinski definition) is 1. The maximum absolute atomic E-state index is 5.59. The molecule has 17 heavy (non-hydrogen) atoms. The van der Waals surface area contributed by atoms with Crippen LogP contribution in [0.1, 0.15) is 26.7 Å². The minimum Gasteiger partial charge on any atom is -0.382 e. The van der Waals surface area contributed by atoms with Crippen molar-refractivity contribution in [2.45, 2.75) is 33.2 Å². The van der Waals surface area contributed by atoms with E-state index in [1.807, 2.05) is 16.9 Å². The molecule has 1 saturated heterocycles. The van der Waals surface area contributed by atoms with Gasteiger partial charge in [0.05, 0.1) is 6.54 Å². The summed E-state index contributed by atoms with van der Waals surface area (Å²) in [5.41, 5.74) is 5.59. The molecule has 96 valence electrons. The molecule has 2 N–H and O–H groups in total. The topological polar surface area (TPSA) is 47.1 Å². The van der Waals surface area contributed by atoms with Crippen molar-refractivity contribution in [3.05, 3.63) is 12.3 Å². The number of rotatable bonds is 4. The molecule has 1 aromatic rings. The molecule has 1 aliphatic rings. The first-order valence-electron chi connectivity index (χ1n) is 6.66. The second-order valence-electron chi connectivity index (χ2n) is 5.43. The monoisotopic (exact) mass is 236 g/mol. The Kier molecular flexibility index (Phi) is 4.05. The van der Waals surface area contributed by atoms with Crippen LogP contribution in [-0.4, -0.2) is 34.3 Å². The first-order valence-corrected chi connectivity index (χ1v) is 6.66. The molecule has 0 unspecified atom stereocenters. The van der Waals surface area contributed by atoms with Gasteiger partial charge < -0.3 is 10.6 Å². The molecule has 4 heteroatoms. The number of aromatic nitrogens is 2. The van der Waals surface area contributed by atoms with Gasteiger partial charge in [-0.25, -0.2) is 0 Å². The molecular formula is C13H24N4. The van der Waals surface area contributed by atoms with E-state index in [4.69, 9.17) is 5.73 Å². The highest BCUT2D eigenvalue weighted by atomic mass is 15.3. The summed E-state index contributed by atoms with van der Waals surface area (Å²) in [4.78, 5) is 2.54. The number of nitrogens with two attached hydrogens (primary N) is 1. The summed E-state index contributed by atoms with van der Waals surface area (Å²) in [6.45, 7) is 9.19. The van der Waals surface area contributed by atoms with E-state index in [9.17, 15) is 0 Å². The smallest absolute Gasteiger partial charge is 0.145 e. The minimum absolute atomic E-state index is 0.614. The predicted molar refractivity (Wildman–Crippen MR) is 70.6 cm³/mol. The Morgan fingerprint density at radius 3 is 2.59 bits per heavy atom. The predicted octanol–water partition coefficient (Wildman–Crippen LogP) is 1.83. The highest BCUT2D eigenvalue weighted by Crippen LogP contribution is 2.24. The third kappa shape index (κ3) is 3.46. The van der Waals surface area contributed by atoms with E-state index in [1.54, 1.807) is 0 Å². The van der Waals surface area contributed by atoms with Gasteiger partial charge in [0, 0.05) is 12.7 Å². The average molecular weight is 236 g/mol. The number of nitrogen functional groups attached to an aromatic ring is 1. The molecule has 2 heterocycles. The van der Waals surface area contributed by atoms with Crippen molar-refractivity contribution < 1.29 is 0 Å². The first kappa shape index (κ1) is 12.4. The number of likely N-dealkylation sites (tertiary alicyclic amines) is 1. The van der Waals surface area contributed by atoms with Crippen LogP contribution in [0.2, 0.25) is 0 Å². The van der Waals surface area contributed by atoms with Crippen molar-refractivity contribution in [2.24, 2.45) is 11.8 Å². The summed E-state index contributed by atoms with van der Waals surface area (Å²) in [6, 6.07) is 1.85. The van der Waals surface area contributed by atoms with E-state index in [1.165, 1.54) is 25.9 Å². The van der Waals surface area contributed by atoms with E-state index in [0.717, 1.165) is 24.9 Å². The SMILES string of the molecule is CC(C)C1CCN(CCn2ccc(N)n2)CC1. The second kappa shape index (κ2) is 5.54. The van der Waals surface area contributed by atoms with Gasteiger partial charge in [0.1, 0.15) is 5.82 Å². The largest absolute Gasteiger partial charge is 0.382 e. The van der Waals surface area contributed by atoms with E-state index in [-0.39, 0.29) is 0 Å². The molecule has 1 aliphatic heterocycles. The van der Waals surface area contributed by atoms with E-state index < -0.39 is 0 Å². The van der Waals surface area contributed by atoms with Gasteiger partial charge in [0.15, 0.2) is 0 Å². The molecule has 2 rings (SSSR count). The number of hydrogen-bond acceptors (Lipinski definition) is 3. The zero-order chi connectivity index (χ0) is 12.3. The summed E-state index contributed by atoms with van der Waals surface area (Å²) in [6.07, 6.45) is 4.65. The van der Waals surface area contributed by atoms with Crippen LogP contribution in [0.5, 0.6) is 0 Å². The average Bonchev–Trinajstić information content (AvgIpc) is 2.73. The summed E-state index contributed by atoms with van der Waals surface area (Å²) in [5, 5.41) is 4.21. The van der Waals surface area contributed by atoms with Gasteiger partial charge in [-0.1, -0.05) is 13.8 Å². The molecule has 1 aromatic heterocycles. The molecule has 0 spiro atoms. The summed E-state index contributed by atoms with van der Waals surface area (Å²) in [5.74, 6) is 2.37. The summed E-state index contributed by atoms with van der Waals surface area (Å²) in [7, 11) is 0. The van der Waals surface area contributed by atoms with Gasteiger partial charge in [-0.2, -0.15) is 5.10 Å². The van der Waals surface area contributed by atoms with Crippen molar-refractivity contribution in [1.29, 1.82) is 0 Å². The second-order valence-corrected chi connectivity index (χ2v) is 5.43. The number of piperidine rings is 1. The highest BCUT2D eigenvalue weighted by molar-refractivity contribution is 5.23. The Morgan fingerprint density at radius 1 is 1.35 bits per heavy atom. The van der Waals surface area contributed by atoms with Crippen LogP contribution in [-0.2, 0) is 6.54 Å². The maximum Gasteiger partial charge on any atom is 0.145 e. The Bertz CT molecular complexity index is 337. The summed E-state index contributed by atoms with van der Waals surface area (Å²) < 4.78 is 1.93. The van der Waals surface area contributed by atoms with Crippen molar-refractivity contribution in [1.82, 2.24) is 14.7 Å². The molecule has 0 aliphatic carbocycles. The van der Waals surface area contributed by atoms with Gasteiger partial charge in [-0.3, -0.25) is 4.68 Å². The highest BCUT2D eigenvalue weighted by Gasteiger charge is 2.21. The number of anilines is 1. The lowest BCUT2D eigenvalue weighted by Crippen LogP contribution is -2.37. The molecule has 1 fully saturated rings. The van der Waals surface area contributed by atoms with Crippen LogP contribution in [0.4, 0.5) is 5.82 Å². The lowest BCUT2D eigenvalue weighted by atomic mass is 9.87. The Balaban J connectivity index is 1.71. The fourth-order valence-electron chi connectivity index (χ4n) is 2.59. The van der Waals surface area contributed by atoms with Gasteiger partial charge in [-0.05, 0) is 43.8 Å². The Morgan fingerprint density at radius 2 is 2.06 bits per heavy atom. The van der Waals surface area contributed by atoms with Gasteiger partial charge in [0.2, 0.25) is 0 Å². The lowest BCUT2D eigenvalue weighted by molar-refractivity contribution is 0.152. The molecule has 0 bridgehead atoms. The maximum atomic E-state index is 5.59. The molecule has 0 aromatic carbocycles. The zero-order valence-electron chi connectivity index (χ0n) is 11.0. The summed E-state index contributed by atoms with van der Waals surface area (Å²) >= 11 is 0. The fourth-order valence-corrected chi connectivity index (χ4v) is 2.59. The van der Waals surface area contributed by atoms with E-state index >= 15 is 0 Å². The van der Waals surface area contributed by atoms with Crippen LogP contribution >= 0.6 is 0 Å². The normalized spacial score (nSPS) is 19.0.